The van der Waals surface area contributed by atoms with Gasteiger partial charge in [-0.1, -0.05) is 24.3 Å². The molecule has 0 aromatic heterocycles. The quantitative estimate of drug-likeness (QED) is 0.791. The van der Waals surface area contributed by atoms with E-state index in [1.165, 1.54) is 0 Å². The maximum absolute atomic E-state index is 11.8. The molecule has 1 aromatic rings. The Balaban J connectivity index is 2.54. The van der Waals surface area contributed by atoms with E-state index in [4.69, 9.17) is 10.5 Å². The second-order valence-corrected chi connectivity index (χ2v) is 3.96. The van der Waals surface area contributed by atoms with Crippen molar-refractivity contribution in [1.82, 2.24) is 0 Å². The molecule has 0 saturated carbocycles. The molecule has 0 amide bonds. The van der Waals surface area contributed by atoms with E-state index in [9.17, 15) is 4.79 Å². The molecule has 0 aliphatic rings. The summed E-state index contributed by atoms with van der Waals surface area (Å²) >= 11 is 0. The third-order valence-electron chi connectivity index (χ3n) is 2.67. The lowest BCUT2D eigenvalue weighted by Crippen LogP contribution is -2.33. The molecule has 1 unspecified atom stereocenters. The molecular weight excluding hydrogens is 202 g/mol. The zero-order valence-corrected chi connectivity index (χ0v) is 9.90. The number of carbonyl (C=O) groups is 1. The number of hydrogen-bond acceptors (Lipinski definition) is 3. The number of nitrogens with two attached hydrogens (primary N) is 1. The molecule has 0 fully saturated rings. The number of ketones is 1. The van der Waals surface area contributed by atoms with Crippen molar-refractivity contribution in [2.45, 2.75) is 25.8 Å². The van der Waals surface area contributed by atoms with Crippen LogP contribution in [0.2, 0.25) is 0 Å². The Hall–Kier alpha value is -1.19. The van der Waals surface area contributed by atoms with Crippen LogP contribution in [-0.2, 0) is 16.0 Å². The molecule has 0 radical (unpaired) electrons. The zero-order chi connectivity index (χ0) is 12.0. The molecule has 88 valence electrons. The zero-order valence-electron chi connectivity index (χ0n) is 9.90. The van der Waals surface area contributed by atoms with Crippen molar-refractivity contribution in [3.05, 3.63) is 35.4 Å². The molecule has 0 heterocycles. The fourth-order valence-corrected chi connectivity index (χ4v) is 1.53. The molecule has 0 aliphatic heterocycles. The Labute approximate surface area is 96.6 Å². The monoisotopic (exact) mass is 221 g/mol. The maximum atomic E-state index is 11.8. The van der Waals surface area contributed by atoms with Gasteiger partial charge in [0, 0.05) is 20.1 Å². The van der Waals surface area contributed by atoms with Crippen LogP contribution in [0.4, 0.5) is 0 Å². The smallest absolute Gasteiger partial charge is 0.153 e. The van der Waals surface area contributed by atoms with Crippen molar-refractivity contribution in [2.75, 3.05) is 13.7 Å². The molecule has 0 aliphatic carbocycles. The Morgan fingerprint density at radius 3 is 2.75 bits per heavy atom. The highest BCUT2D eigenvalue weighted by Gasteiger charge is 2.14. The van der Waals surface area contributed by atoms with Crippen molar-refractivity contribution >= 4 is 5.78 Å². The minimum absolute atomic E-state index is 0.0753. The van der Waals surface area contributed by atoms with Crippen LogP contribution in [0.25, 0.3) is 0 Å². The summed E-state index contributed by atoms with van der Waals surface area (Å²) in [7, 11) is 1.61. The van der Waals surface area contributed by atoms with Crippen LogP contribution in [0, 0.1) is 6.92 Å². The molecule has 1 rings (SSSR count). The first-order chi connectivity index (χ1) is 7.65. The van der Waals surface area contributed by atoms with Crippen molar-refractivity contribution < 1.29 is 9.53 Å². The first-order valence-electron chi connectivity index (χ1n) is 5.47. The van der Waals surface area contributed by atoms with Crippen LogP contribution in [0.15, 0.2) is 24.3 Å². The molecule has 1 atom stereocenters. The summed E-state index contributed by atoms with van der Waals surface area (Å²) in [6.07, 6.45) is 0.999. The lowest BCUT2D eigenvalue weighted by atomic mass is 9.99. The van der Waals surface area contributed by atoms with Crippen molar-refractivity contribution in [1.29, 1.82) is 0 Å². The standard InChI is InChI=1S/C13H19NO2/c1-10-5-3-4-6-11(10)9-13(15)12(14)7-8-16-2/h3-6,12H,7-9,14H2,1-2H3. The van der Waals surface area contributed by atoms with Gasteiger partial charge in [0.05, 0.1) is 6.04 Å². The molecule has 2 N–H and O–H groups in total. The van der Waals surface area contributed by atoms with Crippen LogP contribution in [0.1, 0.15) is 17.5 Å². The number of benzene rings is 1. The third kappa shape index (κ3) is 3.76. The van der Waals surface area contributed by atoms with E-state index >= 15 is 0 Å². The topological polar surface area (TPSA) is 52.3 Å². The van der Waals surface area contributed by atoms with Gasteiger partial charge in [-0.2, -0.15) is 0 Å². The Bertz CT molecular complexity index is 350. The predicted molar refractivity (Wildman–Crippen MR) is 64.4 cm³/mol. The van der Waals surface area contributed by atoms with E-state index in [0.717, 1.165) is 11.1 Å². The lowest BCUT2D eigenvalue weighted by molar-refractivity contribution is -0.120. The van der Waals surface area contributed by atoms with Gasteiger partial charge in [0.15, 0.2) is 5.78 Å². The Morgan fingerprint density at radius 2 is 2.12 bits per heavy atom. The van der Waals surface area contributed by atoms with Crippen LogP contribution >= 0.6 is 0 Å². The molecular formula is C13H19NO2. The second kappa shape index (κ2) is 6.40. The highest BCUT2D eigenvalue weighted by molar-refractivity contribution is 5.86. The number of carbonyl (C=O) groups excluding carboxylic acids is 1. The number of rotatable bonds is 6. The molecule has 0 spiro atoms. The van der Waals surface area contributed by atoms with Gasteiger partial charge in [-0.15, -0.1) is 0 Å². The number of ether oxygens (including phenoxy) is 1. The average Bonchev–Trinajstić information content (AvgIpc) is 2.28. The van der Waals surface area contributed by atoms with Gasteiger partial charge in [0.1, 0.15) is 0 Å². The minimum Gasteiger partial charge on any atom is -0.385 e. The van der Waals surface area contributed by atoms with E-state index in [-0.39, 0.29) is 5.78 Å². The van der Waals surface area contributed by atoms with Gasteiger partial charge in [0.25, 0.3) is 0 Å². The van der Waals surface area contributed by atoms with Gasteiger partial charge in [-0.3, -0.25) is 4.79 Å². The fraction of sp³-hybridized carbons (Fsp3) is 0.462. The average molecular weight is 221 g/mol. The number of aryl methyl sites for hydroxylation is 1. The van der Waals surface area contributed by atoms with E-state index < -0.39 is 6.04 Å². The van der Waals surface area contributed by atoms with Gasteiger partial charge >= 0.3 is 0 Å². The first-order valence-corrected chi connectivity index (χ1v) is 5.47. The second-order valence-electron chi connectivity index (χ2n) is 3.96. The summed E-state index contributed by atoms with van der Waals surface area (Å²) in [5.74, 6) is 0.0753. The van der Waals surface area contributed by atoms with Gasteiger partial charge in [-0.25, -0.2) is 0 Å². The van der Waals surface area contributed by atoms with E-state index in [1.807, 2.05) is 31.2 Å². The van der Waals surface area contributed by atoms with Crippen LogP contribution in [-0.4, -0.2) is 25.5 Å². The summed E-state index contributed by atoms with van der Waals surface area (Å²) in [6.45, 7) is 2.53. The van der Waals surface area contributed by atoms with E-state index in [0.29, 0.717) is 19.4 Å². The van der Waals surface area contributed by atoms with Crippen molar-refractivity contribution in [3.63, 3.8) is 0 Å². The molecule has 0 saturated heterocycles. The predicted octanol–water partition coefficient (Wildman–Crippen LogP) is 1.47. The molecule has 16 heavy (non-hydrogen) atoms. The molecule has 3 nitrogen and oxygen atoms in total. The van der Waals surface area contributed by atoms with E-state index in [2.05, 4.69) is 0 Å². The number of methoxy groups -OCH3 is 1. The van der Waals surface area contributed by atoms with Crippen molar-refractivity contribution in [2.24, 2.45) is 5.73 Å². The summed E-state index contributed by atoms with van der Waals surface area (Å²) in [5, 5.41) is 0. The number of Topliss-reactive ketones (excluding diaryl/α,β-unsaturated/α-hetero) is 1. The highest BCUT2D eigenvalue weighted by atomic mass is 16.5. The van der Waals surface area contributed by atoms with Crippen molar-refractivity contribution in [3.8, 4) is 0 Å². The summed E-state index contributed by atoms with van der Waals surface area (Å²) < 4.78 is 4.90. The Morgan fingerprint density at radius 1 is 1.44 bits per heavy atom. The SMILES string of the molecule is COCCC(N)C(=O)Cc1ccccc1C. The first kappa shape index (κ1) is 12.9. The fourth-order valence-electron chi connectivity index (χ4n) is 1.53. The van der Waals surface area contributed by atoms with Crippen LogP contribution < -0.4 is 5.73 Å². The van der Waals surface area contributed by atoms with Crippen LogP contribution in [0.3, 0.4) is 0 Å². The normalized spacial score (nSPS) is 12.4. The van der Waals surface area contributed by atoms with Gasteiger partial charge < -0.3 is 10.5 Å². The van der Waals surface area contributed by atoms with Gasteiger partial charge in [0.2, 0.25) is 0 Å². The molecule has 3 heteroatoms. The largest absolute Gasteiger partial charge is 0.385 e. The summed E-state index contributed by atoms with van der Waals surface area (Å²) in [5.41, 5.74) is 7.96. The lowest BCUT2D eigenvalue weighted by Gasteiger charge is -2.11. The highest BCUT2D eigenvalue weighted by Crippen LogP contribution is 2.09. The maximum Gasteiger partial charge on any atom is 0.153 e. The molecule has 0 bridgehead atoms. The molecule has 1 aromatic carbocycles. The minimum atomic E-state index is -0.417. The van der Waals surface area contributed by atoms with Gasteiger partial charge in [-0.05, 0) is 24.5 Å². The number of hydrogen-bond donors (Lipinski definition) is 1. The van der Waals surface area contributed by atoms with E-state index in [1.54, 1.807) is 7.11 Å². The third-order valence-corrected chi connectivity index (χ3v) is 2.67. The summed E-state index contributed by atoms with van der Waals surface area (Å²) in [6, 6.07) is 7.46. The summed E-state index contributed by atoms with van der Waals surface area (Å²) in [4.78, 5) is 11.8. The van der Waals surface area contributed by atoms with Crippen LogP contribution in [0.5, 0.6) is 0 Å². The Kier molecular flexibility index (Phi) is 5.15.